The summed E-state index contributed by atoms with van der Waals surface area (Å²) in [7, 11) is -3.66. The second-order valence-electron chi connectivity index (χ2n) is 5.82. The third-order valence-electron chi connectivity index (χ3n) is 4.31. The van der Waals surface area contributed by atoms with Crippen LogP contribution in [-0.4, -0.2) is 13.7 Å². The monoisotopic (exact) mass is 460 g/mol. The Labute approximate surface area is 160 Å². The second-order valence-corrected chi connectivity index (χ2v) is 9.23. The third kappa shape index (κ3) is 3.08. The fourth-order valence-electron chi connectivity index (χ4n) is 3.02. The van der Waals surface area contributed by atoms with Gasteiger partial charge in [-0.05, 0) is 58.0 Å². The standard InChI is InChI=1S/C19H13IN2O2S/c20-15-6-4-5-14(9-15)18-10-17(11-19(18,12-21)13-22)25(23,24)16-7-2-1-3-8-16/h1-10,17H,11H2. The third-order valence-corrected chi connectivity index (χ3v) is 7.01. The number of nitrogens with zero attached hydrogens (tertiary/aromatic N) is 2. The van der Waals surface area contributed by atoms with Gasteiger partial charge in [0.05, 0.1) is 22.3 Å². The van der Waals surface area contributed by atoms with E-state index in [1.54, 1.807) is 30.3 Å². The molecule has 0 radical (unpaired) electrons. The van der Waals surface area contributed by atoms with Crippen molar-refractivity contribution in [2.24, 2.45) is 5.41 Å². The van der Waals surface area contributed by atoms with Crippen molar-refractivity contribution in [2.45, 2.75) is 16.6 Å². The first-order valence-electron chi connectivity index (χ1n) is 7.53. The average molecular weight is 460 g/mol. The van der Waals surface area contributed by atoms with Crippen LogP contribution in [0.15, 0.2) is 65.6 Å². The van der Waals surface area contributed by atoms with Gasteiger partial charge < -0.3 is 0 Å². The van der Waals surface area contributed by atoms with Crippen molar-refractivity contribution >= 4 is 38.0 Å². The molecule has 4 nitrogen and oxygen atoms in total. The summed E-state index contributed by atoms with van der Waals surface area (Å²) < 4.78 is 26.8. The molecule has 0 saturated carbocycles. The number of sulfone groups is 1. The van der Waals surface area contributed by atoms with Crippen LogP contribution in [0.5, 0.6) is 0 Å². The molecule has 0 heterocycles. The van der Waals surface area contributed by atoms with Crippen LogP contribution in [0.2, 0.25) is 0 Å². The molecule has 0 spiro atoms. The average Bonchev–Trinajstić information content (AvgIpc) is 3.04. The summed E-state index contributed by atoms with van der Waals surface area (Å²) in [6, 6.07) is 19.6. The van der Waals surface area contributed by atoms with Crippen LogP contribution in [0.25, 0.3) is 5.57 Å². The lowest BCUT2D eigenvalue weighted by Crippen LogP contribution is -2.23. The lowest BCUT2D eigenvalue weighted by molar-refractivity contribution is 0.572. The van der Waals surface area contributed by atoms with Gasteiger partial charge in [-0.2, -0.15) is 10.5 Å². The number of benzene rings is 2. The molecule has 2 aromatic rings. The first-order valence-corrected chi connectivity index (χ1v) is 10.2. The molecule has 1 atom stereocenters. The number of nitriles is 2. The van der Waals surface area contributed by atoms with Gasteiger partial charge in [-0.3, -0.25) is 0 Å². The molecule has 0 saturated heterocycles. The Kier molecular flexibility index (Phi) is 4.68. The van der Waals surface area contributed by atoms with Crippen LogP contribution < -0.4 is 0 Å². The maximum atomic E-state index is 12.9. The molecule has 0 aliphatic heterocycles. The van der Waals surface area contributed by atoms with E-state index in [9.17, 15) is 18.9 Å². The summed E-state index contributed by atoms with van der Waals surface area (Å²) in [6.07, 6.45) is 1.51. The van der Waals surface area contributed by atoms with Crippen molar-refractivity contribution in [2.75, 3.05) is 0 Å². The van der Waals surface area contributed by atoms with Gasteiger partial charge in [0.25, 0.3) is 0 Å². The molecule has 1 aliphatic carbocycles. The van der Waals surface area contributed by atoms with Crippen LogP contribution in [0.4, 0.5) is 0 Å². The summed E-state index contributed by atoms with van der Waals surface area (Å²) in [5, 5.41) is 18.4. The van der Waals surface area contributed by atoms with E-state index in [0.717, 1.165) is 3.57 Å². The number of rotatable bonds is 3. The minimum absolute atomic E-state index is 0.0575. The molecule has 0 fully saturated rings. The second kappa shape index (κ2) is 6.62. The molecule has 0 bridgehead atoms. The quantitative estimate of drug-likeness (QED) is 0.650. The zero-order valence-electron chi connectivity index (χ0n) is 13.1. The highest BCUT2D eigenvalue weighted by molar-refractivity contribution is 14.1. The van der Waals surface area contributed by atoms with E-state index >= 15 is 0 Å². The van der Waals surface area contributed by atoms with Gasteiger partial charge in [0.2, 0.25) is 0 Å². The van der Waals surface area contributed by atoms with E-state index in [1.807, 2.05) is 18.2 Å². The van der Waals surface area contributed by atoms with E-state index in [1.165, 1.54) is 12.1 Å². The molecular formula is C19H13IN2O2S. The molecule has 0 N–H and O–H groups in total. The first kappa shape index (κ1) is 17.7. The summed E-state index contributed by atoms with van der Waals surface area (Å²) in [5.41, 5.74) is -0.280. The van der Waals surface area contributed by atoms with E-state index in [-0.39, 0.29) is 11.3 Å². The number of hydrogen-bond donors (Lipinski definition) is 0. The first-order chi connectivity index (χ1) is 11.9. The predicted molar refractivity (Wildman–Crippen MR) is 103 cm³/mol. The Morgan fingerprint density at radius 1 is 1.04 bits per heavy atom. The maximum Gasteiger partial charge on any atom is 0.184 e. The van der Waals surface area contributed by atoms with Crippen LogP contribution in [0.3, 0.4) is 0 Å². The van der Waals surface area contributed by atoms with Crippen molar-refractivity contribution in [3.63, 3.8) is 0 Å². The van der Waals surface area contributed by atoms with Crippen molar-refractivity contribution in [3.8, 4) is 12.1 Å². The van der Waals surface area contributed by atoms with Crippen molar-refractivity contribution in [1.82, 2.24) is 0 Å². The van der Waals surface area contributed by atoms with Gasteiger partial charge >= 0.3 is 0 Å². The summed E-state index contributed by atoms with van der Waals surface area (Å²) in [4.78, 5) is 0.199. The minimum Gasteiger partial charge on any atom is -0.223 e. The number of halogens is 1. The Morgan fingerprint density at radius 3 is 2.32 bits per heavy atom. The summed E-state index contributed by atoms with van der Waals surface area (Å²) in [6.45, 7) is 0. The van der Waals surface area contributed by atoms with Crippen LogP contribution >= 0.6 is 22.6 Å². The number of allylic oxidation sites excluding steroid dienone is 1. The zero-order chi connectivity index (χ0) is 18.1. The molecule has 2 aromatic carbocycles. The fourth-order valence-corrected chi connectivity index (χ4v) is 5.23. The SMILES string of the molecule is N#CC1(C#N)CC(S(=O)(=O)c2ccccc2)C=C1c1cccc(I)c1. The molecule has 0 aromatic heterocycles. The van der Waals surface area contributed by atoms with Gasteiger partial charge in [0.15, 0.2) is 15.3 Å². The molecule has 6 heteroatoms. The summed E-state index contributed by atoms with van der Waals surface area (Å²) in [5.74, 6) is 0. The van der Waals surface area contributed by atoms with Crippen LogP contribution in [0.1, 0.15) is 12.0 Å². The topological polar surface area (TPSA) is 81.7 Å². The lowest BCUT2D eigenvalue weighted by atomic mass is 9.81. The van der Waals surface area contributed by atoms with E-state index in [0.29, 0.717) is 11.1 Å². The number of hydrogen-bond acceptors (Lipinski definition) is 4. The Morgan fingerprint density at radius 2 is 1.72 bits per heavy atom. The van der Waals surface area contributed by atoms with Gasteiger partial charge in [0.1, 0.15) is 0 Å². The summed E-state index contributed by atoms with van der Waals surface area (Å²) >= 11 is 2.15. The fraction of sp³-hybridized carbons (Fsp3) is 0.158. The highest BCUT2D eigenvalue weighted by Crippen LogP contribution is 2.47. The van der Waals surface area contributed by atoms with E-state index < -0.39 is 20.5 Å². The largest absolute Gasteiger partial charge is 0.223 e. The van der Waals surface area contributed by atoms with Crippen molar-refractivity contribution < 1.29 is 8.42 Å². The van der Waals surface area contributed by atoms with E-state index in [4.69, 9.17) is 0 Å². The lowest BCUT2D eigenvalue weighted by Gasteiger charge is -2.17. The predicted octanol–water partition coefficient (Wildman–Crippen LogP) is 3.95. The van der Waals surface area contributed by atoms with E-state index in [2.05, 4.69) is 34.7 Å². The van der Waals surface area contributed by atoms with Crippen molar-refractivity contribution in [1.29, 1.82) is 10.5 Å². The molecule has 0 amide bonds. The highest BCUT2D eigenvalue weighted by Gasteiger charge is 2.47. The molecule has 1 unspecified atom stereocenters. The van der Waals surface area contributed by atoms with Crippen molar-refractivity contribution in [3.05, 3.63) is 69.8 Å². The Hall–Kier alpha value is -2.16. The highest BCUT2D eigenvalue weighted by atomic mass is 127. The van der Waals surface area contributed by atoms with Gasteiger partial charge in [-0.15, -0.1) is 0 Å². The molecule has 124 valence electrons. The molecule has 3 rings (SSSR count). The van der Waals surface area contributed by atoms with Gasteiger partial charge in [-0.1, -0.05) is 36.4 Å². The van der Waals surface area contributed by atoms with Gasteiger partial charge in [-0.25, -0.2) is 8.42 Å². The van der Waals surface area contributed by atoms with Gasteiger partial charge in [0, 0.05) is 9.99 Å². The minimum atomic E-state index is -3.66. The molecule has 25 heavy (non-hydrogen) atoms. The maximum absolute atomic E-state index is 12.9. The molecular weight excluding hydrogens is 447 g/mol. The Balaban J connectivity index is 2.14. The normalized spacial score (nSPS) is 18.8. The smallest absolute Gasteiger partial charge is 0.184 e. The Bertz CT molecular complexity index is 1020. The zero-order valence-corrected chi connectivity index (χ0v) is 16.0. The van der Waals surface area contributed by atoms with Crippen LogP contribution in [0, 0.1) is 31.6 Å². The molecule has 1 aliphatic rings. The van der Waals surface area contributed by atoms with Crippen LogP contribution in [-0.2, 0) is 9.84 Å².